The number of carboxylic acids is 1. The second-order valence-corrected chi connectivity index (χ2v) is 4.64. The maximum absolute atomic E-state index is 10.8. The summed E-state index contributed by atoms with van der Waals surface area (Å²) in [6.45, 7) is 0.621. The van der Waals surface area contributed by atoms with E-state index in [1.807, 2.05) is 0 Å². The van der Waals surface area contributed by atoms with E-state index in [4.69, 9.17) is 5.11 Å². The zero-order chi connectivity index (χ0) is 11.3. The molecule has 0 bridgehead atoms. The van der Waals surface area contributed by atoms with Crippen molar-refractivity contribution in [2.24, 2.45) is 0 Å². The molecular formula is C10H13NO3S. The van der Waals surface area contributed by atoms with Crippen LogP contribution >= 0.6 is 0 Å². The van der Waals surface area contributed by atoms with E-state index in [0.29, 0.717) is 12.3 Å². The average Bonchev–Trinajstić information content (AvgIpc) is 2.18. The van der Waals surface area contributed by atoms with E-state index in [0.717, 1.165) is 5.69 Å². The minimum absolute atomic E-state index is 0.264. The molecule has 1 aromatic rings. The number of aromatic carboxylic acids is 1. The van der Waals surface area contributed by atoms with Crippen molar-refractivity contribution in [3.63, 3.8) is 0 Å². The van der Waals surface area contributed by atoms with E-state index in [2.05, 4.69) is 5.32 Å². The zero-order valence-electron chi connectivity index (χ0n) is 8.40. The van der Waals surface area contributed by atoms with Gasteiger partial charge in [-0.05, 0) is 24.3 Å². The minimum Gasteiger partial charge on any atom is -0.478 e. The molecule has 0 heterocycles. The molecule has 1 unspecified atom stereocenters. The maximum Gasteiger partial charge on any atom is 0.335 e. The predicted molar refractivity (Wildman–Crippen MR) is 60.8 cm³/mol. The van der Waals surface area contributed by atoms with Crippen LogP contribution in [0, 0.1) is 0 Å². The number of carboxylic acid groups (broad SMARTS) is 1. The van der Waals surface area contributed by atoms with Crippen LogP contribution in [-0.2, 0) is 10.8 Å². The molecule has 5 heteroatoms. The zero-order valence-corrected chi connectivity index (χ0v) is 9.21. The molecule has 4 nitrogen and oxygen atoms in total. The molecule has 1 rings (SSSR count). The molecule has 2 N–H and O–H groups in total. The van der Waals surface area contributed by atoms with Gasteiger partial charge in [-0.1, -0.05) is 0 Å². The molecule has 0 spiro atoms. The molecule has 0 saturated carbocycles. The van der Waals surface area contributed by atoms with E-state index in [-0.39, 0.29) is 5.56 Å². The van der Waals surface area contributed by atoms with Crippen LogP contribution in [0.25, 0.3) is 0 Å². The molecule has 1 aromatic carbocycles. The summed E-state index contributed by atoms with van der Waals surface area (Å²) in [5.74, 6) is -0.350. The van der Waals surface area contributed by atoms with Crippen LogP contribution in [0.5, 0.6) is 0 Å². The fourth-order valence-electron chi connectivity index (χ4n) is 1.07. The van der Waals surface area contributed by atoms with E-state index < -0.39 is 16.8 Å². The Kier molecular flexibility index (Phi) is 4.30. The lowest BCUT2D eigenvalue weighted by Crippen LogP contribution is -2.09. The van der Waals surface area contributed by atoms with Crippen LogP contribution in [0.3, 0.4) is 0 Å². The summed E-state index contributed by atoms with van der Waals surface area (Å²) >= 11 is 0. The predicted octanol–water partition coefficient (Wildman–Crippen LogP) is 1.18. The van der Waals surface area contributed by atoms with Crippen LogP contribution in [0.15, 0.2) is 24.3 Å². The fraction of sp³-hybridized carbons (Fsp3) is 0.300. The molecule has 0 fully saturated rings. The van der Waals surface area contributed by atoms with E-state index in [9.17, 15) is 9.00 Å². The van der Waals surface area contributed by atoms with Gasteiger partial charge in [-0.2, -0.15) is 0 Å². The van der Waals surface area contributed by atoms with Gasteiger partial charge < -0.3 is 10.4 Å². The molecule has 0 saturated heterocycles. The van der Waals surface area contributed by atoms with Gasteiger partial charge in [0.2, 0.25) is 0 Å². The molecule has 0 radical (unpaired) electrons. The molecule has 0 aliphatic rings. The number of rotatable bonds is 5. The lowest BCUT2D eigenvalue weighted by atomic mass is 10.2. The maximum atomic E-state index is 10.8. The summed E-state index contributed by atoms with van der Waals surface area (Å²) in [4.78, 5) is 10.6. The van der Waals surface area contributed by atoms with Gasteiger partial charge in [0, 0.05) is 35.0 Å². The second kappa shape index (κ2) is 5.50. The summed E-state index contributed by atoms with van der Waals surface area (Å²) < 4.78 is 10.8. The molecule has 15 heavy (non-hydrogen) atoms. The molecule has 1 atom stereocenters. The fourth-order valence-corrected chi connectivity index (χ4v) is 1.46. The molecule has 0 amide bonds. The molecule has 82 valence electrons. The highest BCUT2D eigenvalue weighted by Gasteiger charge is 2.01. The summed E-state index contributed by atoms with van der Waals surface area (Å²) in [7, 11) is -0.808. The van der Waals surface area contributed by atoms with Crippen molar-refractivity contribution < 1.29 is 14.1 Å². The lowest BCUT2D eigenvalue weighted by Gasteiger charge is -2.04. The van der Waals surface area contributed by atoms with Crippen molar-refractivity contribution in [3.8, 4) is 0 Å². The lowest BCUT2D eigenvalue weighted by molar-refractivity contribution is 0.0697. The molecule has 0 aliphatic heterocycles. The van der Waals surface area contributed by atoms with Crippen molar-refractivity contribution in [3.05, 3.63) is 29.8 Å². The van der Waals surface area contributed by atoms with Gasteiger partial charge in [0.25, 0.3) is 0 Å². The van der Waals surface area contributed by atoms with E-state index >= 15 is 0 Å². The van der Waals surface area contributed by atoms with Crippen LogP contribution in [0.4, 0.5) is 5.69 Å². The topological polar surface area (TPSA) is 66.4 Å². The highest BCUT2D eigenvalue weighted by molar-refractivity contribution is 7.84. The van der Waals surface area contributed by atoms with Crippen LogP contribution in [0.2, 0.25) is 0 Å². The normalized spacial score (nSPS) is 12.1. The van der Waals surface area contributed by atoms with Crippen molar-refractivity contribution in [2.75, 3.05) is 23.9 Å². The third-order valence-corrected chi connectivity index (χ3v) is 2.63. The van der Waals surface area contributed by atoms with Crippen molar-refractivity contribution in [1.82, 2.24) is 0 Å². The Labute approximate surface area is 90.8 Å². The highest BCUT2D eigenvalue weighted by Crippen LogP contribution is 2.08. The SMILES string of the molecule is CS(=O)CCNc1ccc(C(=O)O)cc1. The Balaban J connectivity index is 2.50. The van der Waals surface area contributed by atoms with E-state index in [1.54, 1.807) is 18.4 Å². The average molecular weight is 227 g/mol. The third-order valence-electron chi connectivity index (χ3n) is 1.85. The molecular weight excluding hydrogens is 214 g/mol. The van der Waals surface area contributed by atoms with E-state index in [1.165, 1.54) is 12.1 Å². The number of hydrogen-bond acceptors (Lipinski definition) is 3. The standard InChI is InChI=1S/C10H13NO3S/c1-15(14)7-6-11-9-4-2-8(3-5-9)10(12)13/h2-5,11H,6-7H2,1H3,(H,12,13). The quantitative estimate of drug-likeness (QED) is 0.792. The Hall–Kier alpha value is -1.36. The van der Waals surface area contributed by atoms with Gasteiger partial charge in [-0.15, -0.1) is 0 Å². The van der Waals surface area contributed by atoms with Crippen LogP contribution < -0.4 is 5.32 Å². The first-order chi connectivity index (χ1) is 7.09. The molecule has 0 aromatic heterocycles. The van der Waals surface area contributed by atoms with Crippen LogP contribution in [-0.4, -0.2) is 33.8 Å². The van der Waals surface area contributed by atoms with Gasteiger partial charge in [0.1, 0.15) is 0 Å². The van der Waals surface area contributed by atoms with Gasteiger partial charge >= 0.3 is 5.97 Å². The Morgan fingerprint density at radius 3 is 2.47 bits per heavy atom. The Morgan fingerprint density at radius 1 is 1.40 bits per heavy atom. The number of anilines is 1. The minimum atomic E-state index is -0.934. The first-order valence-corrected chi connectivity index (χ1v) is 6.19. The number of hydrogen-bond donors (Lipinski definition) is 2. The third kappa shape index (κ3) is 4.12. The number of nitrogens with one attached hydrogen (secondary N) is 1. The first-order valence-electron chi connectivity index (χ1n) is 4.47. The largest absolute Gasteiger partial charge is 0.478 e. The van der Waals surface area contributed by atoms with Crippen molar-refractivity contribution in [2.45, 2.75) is 0 Å². The summed E-state index contributed by atoms with van der Waals surface area (Å²) in [5, 5.41) is 11.7. The van der Waals surface area contributed by atoms with Gasteiger partial charge in [-0.3, -0.25) is 4.21 Å². The monoisotopic (exact) mass is 227 g/mol. The second-order valence-electron chi connectivity index (χ2n) is 3.09. The summed E-state index contributed by atoms with van der Waals surface area (Å²) in [5.41, 5.74) is 1.10. The number of carbonyl (C=O) groups is 1. The van der Waals surface area contributed by atoms with Gasteiger partial charge in [0.15, 0.2) is 0 Å². The first kappa shape index (κ1) is 11.7. The molecule has 0 aliphatic carbocycles. The Bertz CT molecular complexity index is 361. The number of benzene rings is 1. The summed E-state index contributed by atoms with van der Waals surface area (Å²) in [6, 6.07) is 6.46. The van der Waals surface area contributed by atoms with Gasteiger partial charge in [0.05, 0.1) is 5.56 Å². The Morgan fingerprint density at radius 2 is 2.00 bits per heavy atom. The van der Waals surface area contributed by atoms with Crippen molar-refractivity contribution >= 4 is 22.5 Å². The van der Waals surface area contributed by atoms with Crippen LogP contribution in [0.1, 0.15) is 10.4 Å². The smallest absolute Gasteiger partial charge is 0.335 e. The summed E-state index contributed by atoms with van der Waals surface area (Å²) in [6.07, 6.45) is 1.65. The van der Waals surface area contributed by atoms with Crippen molar-refractivity contribution in [1.29, 1.82) is 0 Å². The van der Waals surface area contributed by atoms with Gasteiger partial charge in [-0.25, -0.2) is 4.79 Å². The highest BCUT2D eigenvalue weighted by atomic mass is 32.2.